The largest absolute Gasteiger partial charge is 0.378 e. The summed E-state index contributed by atoms with van der Waals surface area (Å²) in [5.41, 5.74) is 0. The van der Waals surface area contributed by atoms with Gasteiger partial charge in [-0.3, -0.25) is 0 Å². The van der Waals surface area contributed by atoms with Gasteiger partial charge >= 0.3 is 0 Å². The number of ether oxygens (including phenoxy) is 1. The van der Waals surface area contributed by atoms with E-state index >= 15 is 0 Å². The number of halogens is 3. The molecule has 1 nitrogen and oxygen atoms in total. The zero-order chi connectivity index (χ0) is 8.91. The minimum atomic E-state index is -3.28. The molecule has 1 unspecified atom stereocenters. The highest BCUT2D eigenvalue weighted by Gasteiger charge is 2.34. The molecule has 0 rings (SSSR count). The third kappa shape index (κ3) is 5.07. The molecule has 68 valence electrons. The van der Waals surface area contributed by atoms with Crippen molar-refractivity contribution in [1.29, 1.82) is 0 Å². The molecule has 0 aliphatic carbocycles. The molecule has 0 bridgehead atoms. The summed E-state index contributed by atoms with van der Waals surface area (Å²) in [5.74, 6) is -3.28. The van der Waals surface area contributed by atoms with Gasteiger partial charge < -0.3 is 4.74 Å². The average Bonchev–Trinajstić information content (AvgIpc) is 1.86. The third-order valence-corrected chi connectivity index (χ3v) is 1.16. The summed E-state index contributed by atoms with van der Waals surface area (Å²) >= 11 is 0. The van der Waals surface area contributed by atoms with Crippen LogP contribution in [0.15, 0.2) is 0 Å². The van der Waals surface area contributed by atoms with Gasteiger partial charge in [-0.05, 0) is 6.42 Å². The highest BCUT2D eigenvalue weighted by molar-refractivity contribution is 4.70. The zero-order valence-electron chi connectivity index (χ0n) is 6.74. The second-order valence-electron chi connectivity index (χ2n) is 2.50. The maximum Gasteiger partial charge on any atom is 0.278 e. The SMILES string of the molecule is CCCOCC(F)C(C)(F)F. The van der Waals surface area contributed by atoms with Gasteiger partial charge in [-0.25, -0.2) is 13.2 Å². The van der Waals surface area contributed by atoms with Crippen molar-refractivity contribution in [2.24, 2.45) is 0 Å². The fraction of sp³-hybridized carbons (Fsp3) is 1.00. The molecule has 11 heavy (non-hydrogen) atoms. The summed E-state index contributed by atoms with van der Waals surface area (Å²) in [6.45, 7) is 2.19. The molecule has 0 radical (unpaired) electrons. The first-order valence-electron chi connectivity index (χ1n) is 3.58. The Bertz CT molecular complexity index is 100. The van der Waals surface area contributed by atoms with Crippen LogP contribution in [-0.2, 0) is 4.74 Å². The van der Waals surface area contributed by atoms with Gasteiger partial charge in [-0.2, -0.15) is 0 Å². The Morgan fingerprint density at radius 3 is 2.36 bits per heavy atom. The van der Waals surface area contributed by atoms with E-state index in [1.165, 1.54) is 0 Å². The van der Waals surface area contributed by atoms with E-state index in [1.54, 1.807) is 0 Å². The first kappa shape index (κ1) is 10.8. The molecule has 0 aliphatic heterocycles. The predicted octanol–water partition coefficient (Wildman–Crippen LogP) is 2.41. The molecule has 0 fully saturated rings. The Morgan fingerprint density at radius 1 is 1.45 bits per heavy atom. The minimum absolute atomic E-state index is 0.330. The van der Waals surface area contributed by atoms with Crippen LogP contribution in [0.5, 0.6) is 0 Å². The second-order valence-corrected chi connectivity index (χ2v) is 2.50. The van der Waals surface area contributed by atoms with Crippen molar-refractivity contribution in [3.8, 4) is 0 Å². The van der Waals surface area contributed by atoms with E-state index in [1.807, 2.05) is 6.92 Å². The molecule has 0 aromatic heterocycles. The Labute approximate surface area is 64.5 Å². The highest BCUT2D eigenvalue weighted by Crippen LogP contribution is 2.20. The fourth-order valence-electron chi connectivity index (χ4n) is 0.477. The lowest BCUT2D eigenvalue weighted by atomic mass is 10.2. The Morgan fingerprint density at radius 2 is 2.00 bits per heavy atom. The van der Waals surface area contributed by atoms with Crippen molar-refractivity contribution in [3.05, 3.63) is 0 Å². The van der Waals surface area contributed by atoms with Crippen LogP contribution >= 0.6 is 0 Å². The molecule has 0 saturated carbocycles. The van der Waals surface area contributed by atoms with E-state index in [4.69, 9.17) is 0 Å². The molecule has 0 aromatic carbocycles. The number of rotatable bonds is 5. The smallest absolute Gasteiger partial charge is 0.278 e. The van der Waals surface area contributed by atoms with Crippen LogP contribution in [0.4, 0.5) is 13.2 Å². The number of alkyl halides is 3. The predicted molar refractivity (Wildman–Crippen MR) is 36.6 cm³/mol. The molecule has 1 atom stereocenters. The van der Waals surface area contributed by atoms with Gasteiger partial charge in [0, 0.05) is 13.5 Å². The molecule has 0 spiro atoms. The van der Waals surface area contributed by atoms with Gasteiger partial charge in [0.05, 0.1) is 6.61 Å². The standard InChI is InChI=1S/C7H13F3O/c1-3-4-11-5-6(8)7(2,9)10/h6H,3-5H2,1-2H3. The maximum absolute atomic E-state index is 12.4. The lowest BCUT2D eigenvalue weighted by Crippen LogP contribution is -2.30. The minimum Gasteiger partial charge on any atom is -0.378 e. The lowest BCUT2D eigenvalue weighted by molar-refractivity contribution is -0.0856. The van der Waals surface area contributed by atoms with E-state index in [2.05, 4.69) is 4.74 Å². The topological polar surface area (TPSA) is 9.23 Å². The summed E-state index contributed by atoms with van der Waals surface area (Å²) in [5, 5.41) is 0. The van der Waals surface area contributed by atoms with Gasteiger partial charge in [-0.15, -0.1) is 0 Å². The van der Waals surface area contributed by atoms with Gasteiger partial charge in [-0.1, -0.05) is 6.92 Å². The van der Waals surface area contributed by atoms with Crippen LogP contribution in [0.2, 0.25) is 0 Å². The van der Waals surface area contributed by atoms with Gasteiger partial charge in [0.1, 0.15) is 0 Å². The maximum atomic E-state index is 12.4. The van der Waals surface area contributed by atoms with Crippen LogP contribution in [0, 0.1) is 0 Å². The van der Waals surface area contributed by atoms with Crippen LogP contribution in [0.3, 0.4) is 0 Å². The summed E-state index contributed by atoms with van der Waals surface area (Å²) in [6, 6.07) is 0. The third-order valence-electron chi connectivity index (χ3n) is 1.16. The van der Waals surface area contributed by atoms with Crippen molar-refractivity contribution >= 4 is 0 Å². The van der Waals surface area contributed by atoms with Crippen molar-refractivity contribution in [3.63, 3.8) is 0 Å². The fourth-order valence-corrected chi connectivity index (χ4v) is 0.477. The molecule has 0 aromatic rings. The van der Waals surface area contributed by atoms with Gasteiger partial charge in [0.2, 0.25) is 0 Å². The monoisotopic (exact) mass is 170 g/mol. The molecule has 0 aliphatic rings. The first-order chi connectivity index (χ1) is 4.98. The normalized spacial score (nSPS) is 15.0. The van der Waals surface area contributed by atoms with Crippen molar-refractivity contribution in [1.82, 2.24) is 0 Å². The summed E-state index contributed by atoms with van der Waals surface area (Å²) in [6.07, 6.45) is -1.48. The van der Waals surface area contributed by atoms with Crippen LogP contribution < -0.4 is 0 Å². The molecular formula is C7H13F3O. The van der Waals surface area contributed by atoms with E-state index in [9.17, 15) is 13.2 Å². The van der Waals surface area contributed by atoms with Crippen LogP contribution in [0.25, 0.3) is 0 Å². The summed E-state index contributed by atoms with van der Waals surface area (Å²) < 4.78 is 41.2. The molecular weight excluding hydrogens is 157 g/mol. The molecule has 0 N–H and O–H groups in total. The Balaban J connectivity index is 3.44. The van der Waals surface area contributed by atoms with Crippen molar-refractivity contribution in [2.75, 3.05) is 13.2 Å². The summed E-state index contributed by atoms with van der Waals surface area (Å²) in [7, 11) is 0. The number of hydrogen-bond donors (Lipinski definition) is 0. The number of hydrogen-bond acceptors (Lipinski definition) is 1. The van der Waals surface area contributed by atoms with Crippen molar-refractivity contribution in [2.45, 2.75) is 32.4 Å². The van der Waals surface area contributed by atoms with Crippen LogP contribution in [0.1, 0.15) is 20.3 Å². The van der Waals surface area contributed by atoms with Gasteiger partial charge in [0.15, 0.2) is 6.17 Å². The average molecular weight is 170 g/mol. The van der Waals surface area contributed by atoms with Gasteiger partial charge in [0.25, 0.3) is 5.92 Å². The quantitative estimate of drug-likeness (QED) is 0.576. The zero-order valence-corrected chi connectivity index (χ0v) is 6.74. The molecule has 4 heteroatoms. The van der Waals surface area contributed by atoms with E-state index in [0.29, 0.717) is 20.0 Å². The Hall–Kier alpha value is -0.250. The molecule has 0 heterocycles. The second kappa shape index (κ2) is 4.59. The Kier molecular flexibility index (Phi) is 4.49. The van der Waals surface area contributed by atoms with E-state index < -0.39 is 18.7 Å². The van der Waals surface area contributed by atoms with E-state index in [-0.39, 0.29) is 0 Å². The molecule has 0 amide bonds. The lowest BCUT2D eigenvalue weighted by Gasteiger charge is -2.15. The summed E-state index contributed by atoms with van der Waals surface area (Å²) in [4.78, 5) is 0. The highest BCUT2D eigenvalue weighted by atomic mass is 19.3. The van der Waals surface area contributed by atoms with E-state index in [0.717, 1.165) is 0 Å². The van der Waals surface area contributed by atoms with Crippen LogP contribution in [-0.4, -0.2) is 25.3 Å². The molecule has 0 saturated heterocycles. The first-order valence-corrected chi connectivity index (χ1v) is 3.58. The van der Waals surface area contributed by atoms with Crippen molar-refractivity contribution < 1.29 is 17.9 Å².